The largest absolute Gasteiger partial charge is 0.481 e. The summed E-state index contributed by atoms with van der Waals surface area (Å²) in [5.41, 5.74) is 6.54. The summed E-state index contributed by atoms with van der Waals surface area (Å²) in [5, 5.41) is 12.2. The highest BCUT2D eigenvalue weighted by Crippen LogP contribution is 2.15. The average molecular weight is 250 g/mol. The minimum absolute atomic E-state index is 0.214. The fourth-order valence-corrected chi connectivity index (χ4v) is 1.92. The summed E-state index contributed by atoms with van der Waals surface area (Å²) in [4.78, 5) is 10.9. The molecule has 0 saturated heterocycles. The highest BCUT2D eigenvalue weighted by Gasteiger charge is 2.18. The Kier molecular flexibility index (Phi) is 6.22. The topological polar surface area (TPSA) is 75.3 Å². The first-order chi connectivity index (χ1) is 8.63. The quantitative estimate of drug-likeness (QED) is 0.661. The van der Waals surface area contributed by atoms with Crippen molar-refractivity contribution in [2.45, 2.75) is 19.8 Å². The number of aliphatic carboxylic acids is 1. The molecule has 1 aromatic rings. The van der Waals surface area contributed by atoms with Crippen LogP contribution in [0.3, 0.4) is 0 Å². The number of nitrogens with one attached hydrogen (secondary N) is 1. The molecule has 0 aliphatic heterocycles. The van der Waals surface area contributed by atoms with Crippen LogP contribution in [0.15, 0.2) is 30.3 Å². The molecule has 0 radical (unpaired) electrons. The Hall–Kier alpha value is -1.55. The number of hydrogen-bond acceptors (Lipinski definition) is 3. The highest BCUT2D eigenvalue weighted by molar-refractivity contribution is 5.70. The van der Waals surface area contributed by atoms with E-state index < -0.39 is 11.9 Å². The molecule has 4 heteroatoms. The van der Waals surface area contributed by atoms with Crippen molar-refractivity contribution in [3.8, 4) is 0 Å². The lowest BCUT2D eigenvalue weighted by atomic mass is 9.93. The third-order valence-corrected chi connectivity index (χ3v) is 3.06. The van der Waals surface area contributed by atoms with Gasteiger partial charge in [0.05, 0.1) is 5.92 Å². The van der Waals surface area contributed by atoms with Crippen LogP contribution in [0.5, 0.6) is 0 Å². The Labute approximate surface area is 108 Å². The van der Waals surface area contributed by atoms with E-state index in [1.807, 2.05) is 30.3 Å². The predicted octanol–water partition coefficient (Wildman–Crippen LogP) is 2.17. The molecule has 4 nitrogen and oxygen atoms in total. The second-order valence-electron chi connectivity index (χ2n) is 4.69. The number of para-hydroxylation sites is 1. The summed E-state index contributed by atoms with van der Waals surface area (Å²) in [7, 11) is 0. The molecule has 0 aliphatic rings. The van der Waals surface area contributed by atoms with Crippen molar-refractivity contribution < 1.29 is 9.90 Å². The van der Waals surface area contributed by atoms with Gasteiger partial charge in [-0.2, -0.15) is 0 Å². The number of carboxylic acid groups (broad SMARTS) is 1. The smallest absolute Gasteiger partial charge is 0.307 e. The van der Waals surface area contributed by atoms with E-state index >= 15 is 0 Å². The van der Waals surface area contributed by atoms with E-state index in [0.717, 1.165) is 18.7 Å². The van der Waals surface area contributed by atoms with Crippen LogP contribution in [-0.4, -0.2) is 24.2 Å². The number of carboxylic acids is 1. The van der Waals surface area contributed by atoms with E-state index in [-0.39, 0.29) is 6.54 Å². The summed E-state index contributed by atoms with van der Waals surface area (Å²) >= 11 is 0. The Morgan fingerprint density at radius 1 is 1.39 bits per heavy atom. The molecule has 0 fully saturated rings. The first-order valence-corrected chi connectivity index (χ1v) is 6.35. The molecule has 0 aliphatic carbocycles. The maximum Gasteiger partial charge on any atom is 0.307 e. The maximum absolute atomic E-state index is 10.9. The molecule has 2 unspecified atom stereocenters. The standard InChI is InChI=1S/C14H22N2O2/c1-11(9-12(10-15)14(17)18)7-8-16-13-5-3-2-4-6-13/h2-6,11-12,16H,7-10,15H2,1H3,(H,17,18). The van der Waals surface area contributed by atoms with Gasteiger partial charge < -0.3 is 16.2 Å². The summed E-state index contributed by atoms with van der Waals surface area (Å²) < 4.78 is 0. The van der Waals surface area contributed by atoms with Crippen LogP contribution in [0.1, 0.15) is 19.8 Å². The van der Waals surface area contributed by atoms with Gasteiger partial charge in [-0.1, -0.05) is 25.1 Å². The normalized spacial score (nSPS) is 13.9. The molecule has 1 aromatic carbocycles. The molecular formula is C14H22N2O2. The number of anilines is 1. The van der Waals surface area contributed by atoms with Crippen molar-refractivity contribution in [1.29, 1.82) is 0 Å². The second-order valence-corrected chi connectivity index (χ2v) is 4.69. The van der Waals surface area contributed by atoms with Crippen molar-refractivity contribution in [2.24, 2.45) is 17.6 Å². The molecule has 0 aromatic heterocycles. The third kappa shape index (κ3) is 5.19. The number of nitrogens with two attached hydrogens (primary N) is 1. The Balaban J connectivity index is 2.25. The Morgan fingerprint density at radius 2 is 2.06 bits per heavy atom. The van der Waals surface area contributed by atoms with Crippen LogP contribution in [0.2, 0.25) is 0 Å². The predicted molar refractivity (Wildman–Crippen MR) is 73.5 cm³/mol. The summed E-state index contributed by atoms with van der Waals surface area (Å²) in [6, 6.07) is 9.99. The zero-order valence-electron chi connectivity index (χ0n) is 10.8. The fraction of sp³-hybridized carbons (Fsp3) is 0.500. The summed E-state index contributed by atoms with van der Waals surface area (Å²) in [5.74, 6) is -0.858. The summed E-state index contributed by atoms with van der Waals surface area (Å²) in [6.45, 7) is 3.13. The monoisotopic (exact) mass is 250 g/mol. The molecule has 0 heterocycles. The number of hydrogen-bond donors (Lipinski definition) is 3. The van der Waals surface area contributed by atoms with Crippen molar-refractivity contribution >= 4 is 11.7 Å². The van der Waals surface area contributed by atoms with Gasteiger partial charge in [0.15, 0.2) is 0 Å². The lowest BCUT2D eigenvalue weighted by Gasteiger charge is -2.16. The zero-order chi connectivity index (χ0) is 13.4. The van der Waals surface area contributed by atoms with Crippen LogP contribution >= 0.6 is 0 Å². The van der Waals surface area contributed by atoms with E-state index in [1.165, 1.54) is 0 Å². The molecule has 1 rings (SSSR count). The molecule has 0 spiro atoms. The van der Waals surface area contributed by atoms with Crippen molar-refractivity contribution in [1.82, 2.24) is 0 Å². The Bertz CT molecular complexity index is 354. The van der Waals surface area contributed by atoms with Gasteiger partial charge in [0.1, 0.15) is 0 Å². The zero-order valence-corrected chi connectivity index (χ0v) is 10.8. The van der Waals surface area contributed by atoms with Gasteiger partial charge in [0, 0.05) is 18.8 Å². The first-order valence-electron chi connectivity index (χ1n) is 6.35. The summed E-state index contributed by atoms with van der Waals surface area (Å²) in [6.07, 6.45) is 1.58. The molecule has 0 bridgehead atoms. The lowest BCUT2D eigenvalue weighted by Crippen LogP contribution is -2.25. The van der Waals surface area contributed by atoms with E-state index in [9.17, 15) is 4.79 Å². The number of rotatable bonds is 8. The highest BCUT2D eigenvalue weighted by atomic mass is 16.4. The molecule has 4 N–H and O–H groups in total. The van der Waals surface area contributed by atoms with Crippen LogP contribution in [-0.2, 0) is 4.79 Å². The fourth-order valence-electron chi connectivity index (χ4n) is 1.92. The molecule has 18 heavy (non-hydrogen) atoms. The van der Waals surface area contributed by atoms with Crippen molar-refractivity contribution in [2.75, 3.05) is 18.4 Å². The SMILES string of the molecule is CC(CCNc1ccccc1)CC(CN)C(=O)O. The van der Waals surface area contributed by atoms with E-state index in [0.29, 0.717) is 12.3 Å². The number of benzene rings is 1. The van der Waals surface area contributed by atoms with E-state index in [2.05, 4.69) is 12.2 Å². The van der Waals surface area contributed by atoms with Gasteiger partial charge in [0.25, 0.3) is 0 Å². The second kappa shape index (κ2) is 7.71. The van der Waals surface area contributed by atoms with Gasteiger partial charge >= 0.3 is 5.97 Å². The molecule has 0 saturated carbocycles. The van der Waals surface area contributed by atoms with Crippen LogP contribution in [0.4, 0.5) is 5.69 Å². The molecule has 100 valence electrons. The van der Waals surface area contributed by atoms with Crippen LogP contribution in [0, 0.1) is 11.8 Å². The van der Waals surface area contributed by atoms with Gasteiger partial charge in [-0.05, 0) is 30.9 Å². The molecule has 0 amide bonds. The van der Waals surface area contributed by atoms with Crippen LogP contribution in [0.25, 0.3) is 0 Å². The van der Waals surface area contributed by atoms with E-state index in [1.54, 1.807) is 0 Å². The van der Waals surface area contributed by atoms with Crippen molar-refractivity contribution in [3.63, 3.8) is 0 Å². The van der Waals surface area contributed by atoms with Crippen molar-refractivity contribution in [3.05, 3.63) is 30.3 Å². The van der Waals surface area contributed by atoms with Gasteiger partial charge in [-0.3, -0.25) is 4.79 Å². The van der Waals surface area contributed by atoms with Crippen LogP contribution < -0.4 is 11.1 Å². The van der Waals surface area contributed by atoms with Gasteiger partial charge in [-0.25, -0.2) is 0 Å². The Morgan fingerprint density at radius 3 is 2.61 bits per heavy atom. The lowest BCUT2D eigenvalue weighted by molar-refractivity contribution is -0.141. The third-order valence-electron chi connectivity index (χ3n) is 3.06. The van der Waals surface area contributed by atoms with Gasteiger partial charge in [0.2, 0.25) is 0 Å². The minimum atomic E-state index is -0.791. The average Bonchev–Trinajstić information content (AvgIpc) is 2.37. The van der Waals surface area contributed by atoms with Gasteiger partial charge in [-0.15, -0.1) is 0 Å². The maximum atomic E-state index is 10.9. The molecular weight excluding hydrogens is 228 g/mol. The van der Waals surface area contributed by atoms with E-state index in [4.69, 9.17) is 10.8 Å². The molecule has 2 atom stereocenters. The first kappa shape index (κ1) is 14.5. The number of carbonyl (C=O) groups is 1. The minimum Gasteiger partial charge on any atom is -0.481 e.